The molecule has 170 valence electrons. The van der Waals surface area contributed by atoms with Crippen molar-refractivity contribution in [2.75, 3.05) is 18.4 Å². The summed E-state index contributed by atoms with van der Waals surface area (Å²) in [4.78, 5) is 19.5. The Balaban J connectivity index is 1.33. The molecule has 0 saturated carbocycles. The summed E-state index contributed by atoms with van der Waals surface area (Å²) in [5.74, 6) is 0.630. The van der Waals surface area contributed by atoms with Gasteiger partial charge in [-0.2, -0.15) is 5.10 Å². The normalized spacial score (nSPS) is 19.2. The monoisotopic (exact) mass is 472 g/mol. The Hall–Kier alpha value is -2.40. The van der Waals surface area contributed by atoms with E-state index in [2.05, 4.69) is 39.2 Å². The summed E-state index contributed by atoms with van der Waals surface area (Å²) in [5, 5.41) is 12.7. The molecule has 1 aliphatic rings. The van der Waals surface area contributed by atoms with Gasteiger partial charge in [0, 0.05) is 43.5 Å². The molecular formula is C22H28N6O2S2. The number of ether oxygens (including phenoxy) is 1. The highest BCUT2D eigenvalue weighted by Crippen LogP contribution is 2.21. The van der Waals surface area contributed by atoms with Crippen LogP contribution in [0, 0.1) is 11.7 Å². The van der Waals surface area contributed by atoms with Crippen LogP contribution in [0.5, 0.6) is 0 Å². The second-order valence-corrected chi connectivity index (χ2v) is 9.51. The molecule has 1 fully saturated rings. The minimum absolute atomic E-state index is 0.0996. The van der Waals surface area contributed by atoms with Crippen molar-refractivity contribution in [1.29, 1.82) is 0 Å². The van der Waals surface area contributed by atoms with Gasteiger partial charge in [0.05, 0.1) is 17.9 Å². The van der Waals surface area contributed by atoms with Gasteiger partial charge in [0.25, 0.3) is 0 Å². The lowest BCUT2D eigenvalue weighted by Gasteiger charge is -2.34. The maximum absolute atomic E-state index is 12.5. The molecule has 3 aromatic rings. The van der Waals surface area contributed by atoms with Crippen molar-refractivity contribution >= 4 is 34.6 Å². The minimum atomic E-state index is -0.0996. The number of anilines is 1. The maximum atomic E-state index is 12.5. The quantitative estimate of drug-likeness (QED) is 0.505. The number of carbonyl (C=O) groups is 1. The fraction of sp³-hybridized carbons (Fsp3) is 0.455. The zero-order valence-corrected chi connectivity index (χ0v) is 20.1. The Kier molecular flexibility index (Phi) is 7.14. The molecule has 10 heteroatoms. The number of nitrogens with one attached hydrogen (secondary N) is 2. The number of morpholine rings is 1. The first-order valence-electron chi connectivity index (χ1n) is 10.7. The van der Waals surface area contributed by atoms with E-state index < -0.39 is 0 Å². The predicted molar refractivity (Wildman–Crippen MR) is 128 cm³/mol. The van der Waals surface area contributed by atoms with Gasteiger partial charge in [-0.05, 0) is 33.0 Å². The molecule has 3 heterocycles. The number of aryl methyl sites for hydroxylation is 1. The number of hydrogen-bond donors (Lipinski definition) is 2. The predicted octanol–water partition coefficient (Wildman–Crippen LogP) is 4.01. The summed E-state index contributed by atoms with van der Waals surface area (Å²) in [6.45, 7) is 9.19. The molecule has 8 nitrogen and oxygen atoms in total. The number of benzene rings is 1. The van der Waals surface area contributed by atoms with Crippen LogP contribution < -0.4 is 5.32 Å². The average Bonchev–Trinajstić information content (AvgIpc) is 3.32. The van der Waals surface area contributed by atoms with Gasteiger partial charge in [-0.3, -0.25) is 19.4 Å². The third-order valence-electron chi connectivity index (χ3n) is 5.31. The number of thiazole rings is 1. The molecule has 2 N–H and O–H groups in total. The summed E-state index contributed by atoms with van der Waals surface area (Å²) < 4.78 is 8.14. The van der Waals surface area contributed by atoms with Gasteiger partial charge in [0.2, 0.25) is 5.91 Å². The third kappa shape index (κ3) is 5.69. The van der Waals surface area contributed by atoms with Gasteiger partial charge in [0.15, 0.2) is 15.7 Å². The van der Waals surface area contributed by atoms with Crippen molar-refractivity contribution in [2.45, 2.75) is 52.5 Å². The molecule has 0 radical (unpaired) electrons. The third-order valence-corrected chi connectivity index (χ3v) is 6.43. The van der Waals surface area contributed by atoms with Crippen LogP contribution in [0.25, 0.3) is 11.4 Å². The molecule has 4 rings (SSSR count). The summed E-state index contributed by atoms with van der Waals surface area (Å²) in [5.41, 5.74) is 3.10. The van der Waals surface area contributed by atoms with E-state index in [9.17, 15) is 4.79 Å². The number of hydrogen-bond acceptors (Lipinski definition) is 7. The van der Waals surface area contributed by atoms with Crippen molar-refractivity contribution in [2.24, 2.45) is 0 Å². The van der Waals surface area contributed by atoms with E-state index in [1.807, 2.05) is 41.1 Å². The first-order chi connectivity index (χ1) is 15.4. The fourth-order valence-electron chi connectivity index (χ4n) is 3.92. The van der Waals surface area contributed by atoms with E-state index in [0.29, 0.717) is 16.4 Å². The molecular weight excluding hydrogens is 444 g/mol. The van der Waals surface area contributed by atoms with Crippen molar-refractivity contribution in [3.05, 3.63) is 45.7 Å². The molecule has 0 spiro atoms. The minimum Gasteiger partial charge on any atom is -0.373 e. The van der Waals surface area contributed by atoms with E-state index in [1.54, 1.807) is 0 Å². The Labute approximate surface area is 196 Å². The van der Waals surface area contributed by atoms with Crippen LogP contribution >= 0.6 is 23.6 Å². The number of aromatic nitrogens is 4. The first-order valence-corrected chi connectivity index (χ1v) is 12.0. The lowest BCUT2D eigenvalue weighted by Crippen LogP contribution is -2.44. The Morgan fingerprint density at radius 3 is 2.72 bits per heavy atom. The Morgan fingerprint density at radius 1 is 1.28 bits per heavy atom. The van der Waals surface area contributed by atoms with Gasteiger partial charge >= 0.3 is 0 Å². The van der Waals surface area contributed by atoms with Gasteiger partial charge in [-0.25, -0.2) is 4.98 Å². The van der Waals surface area contributed by atoms with E-state index in [1.165, 1.54) is 16.9 Å². The highest BCUT2D eigenvalue weighted by molar-refractivity contribution is 7.71. The van der Waals surface area contributed by atoms with Crippen LogP contribution in [0.3, 0.4) is 0 Å². The second-order valence-electron chi connectivity index (χ2n) is 8.26. The summed E-state index contributed by atoms with van der Waals surface area (Å²) in [6.07, 6.45) is 0.715. The highest BCUT2D eigenvalue weighted by Gasteiger charge is 2.23. The van der Waals surface area contributed by atoms with Crippen LogP contribution in [0.4, 0.5) is 5.13 Å². The van der Waals surface area contributed by atoms with Crippen molar-refractivity contribution in [3.63, 3.8) is 0 Å². The Morgan fingerprint density at radius 2 is 2.00 bits per heavy atom. The molecule has 2 atom stereocenters. The lowest BCUT2D eigenvalue weighted by atomic mass is 10.1. The van der Waals surface area contributed by atoms with Crippen molar-refractivity contribution in [3.8, 4) is 11.4 Å². The van der Waals surface area contributed by atoms with Crippen molar-refractivity contribution in [1.82, 2.24) is 24.6 Å². The molecule has 32 heavy (non-hydrogen) atoms. The first kappa shape index (κ1) is 22.8. The van der Waals surface area contributed by atoms with E-state index in [-0.39, 0.29) is 24.5 Å². The number of aromatic amines is 1. The smallest absolute Gasteiger partial charge is 0.227 e. The molecule has 1 aliphatic heterocycles. The van der Waals surface area contributed by atoms with Crippen LogP contribution in [-0.2, 0) is 22.6 Å². The fourth-order valence-corrected chi connectivity index (χ4v) is 4.86. The number of nitrogens with zero attached hydrogens (tertiary/aromatic N) is 4. The molecule has 0 aliphatic carbocycles. The van der Waals surface area contributed by atoms with E-state index in [4.69, 9.17) is 17.0 Å². The molecule has 1 saturated heterocycles. The van der Waals surface area contributed by atoms with Crippen LogP contribution in [0.2, 0.25) is 0 Å². The molecule has 2 unspecified atom stereocenters. The second kappa shape index (κ2) is 10.0. The van der Waals surface area contributed by atoms with Gasteiger partial charge in [-0.15, -0.1) is 11.3 Å². The molecule has 2 aromatic heterocycles. The molecule has 0 bridgehead atoms. The summed E-state index contributed by atoms with van der Waals surface area (Å²) in [6, 6.07) is 8.07. The highest BCUT2D eigenvalue weighted by atomic mass is 32.1. The number of H-pyrrole nitrogens is 1. The largest absolute Gasteiger partial charge is 0.373 e. The van der Waals surface area contributed by atoms with Gasteiger partial charge < -0.3 is 10.1 Å². The topological polar surface area (TPSA) is 88.1 Å². The van der Waals surface area contributed by atoms with Crippen LogP contribution in [0.15, 0.2) is 29.6 Å². The van der Waals surface area contributed by atoms with Crippen molar-refractivity contribution < 1.29 is 9.53 Å². The lowest BCUT2D eigenvalue weighted by molar-refractivity contribution is -0.116. The van der Waals surface area contributed by atoms with E-state index >= 15 is 0 Å². The maximum Gasteiger partial charge on any atom is 0.227 e. The zero-order valence-electron chi connectivity index (χ0n) is 18.5. The van der Waals surface area contributed by atoms with Crippen LogP contribution in [-0.4, -0.2) is 55.9 Å². The summed E-state index contributed by atoms with van der Waals surface area (Å²) >= 11 is 6.82. The standard InChI is InChI=1S/C22H28N6O2S2/c1-14-4-6-17(7-5-14)20-25-26-22(31)28(20)9-8-19(29)24-21-23-18(13-32-21)12-27-10-15(2)30-16(3)11-27/h4-7,13,15-16H,8-12H2,1-3H3,(H,26,31)(H,23,24,29). The number of carbonyl (C=O) groups excluding carboxylic acids is 1. The van der Waals surface area contributed by atoms with E-state index in [0.717, 1.165) is 36.7 Å². The molecule has 1 amide bonds. The average molecular weight is 473 g/mol. The Bertz CT molecular complexity index is 1110. The zero-order chi connectivity index (χ0) is 22.7. The SMILES string of the molecule is Cc1ccc(-c2n[nH]c(=S)n2CCC(=O)Nc2nc(CN3CC(C)OC(C)C3)cs2)cc1. The number of rotatable bonds is 7. The van der Waals surface area contributed by atoms with Crippen LogP contribution in [0.1, 0.15) is 31.5 Å². The molecule has 1 aromatic carbocycles. The number of amides is 1. The van der Waals surface area contributed by atoms with Gasteiger partial charge in [0.1, 0.15) is 0 Å². The summed E-state index contributed by atoms with van der Waals surface area (Å²) in [7, 11) is 0. The van der Waals surface area contributed by atoms with Gasteiger partial charge in [-0.1, -0.05) is 29.8 Å².